The molecule has 0 unspecified atom stereocenters. The summed E-state index contributed by atoms with van der Waals surface area (Å²) in [5.41, 5.74) is 7.55. The van der Waals surface area contributed by atoms with Gasteiger partial charge in [-0.05, 0) is 48.2 Å². The first kappa shape index (κ1) is 29.0. The van der Waals surface area contributed by atoms with Gasteiger partial charge in [0.2, 0.25) is 5.91 Å². The predicted molar refractivity (Wildman–Crippen MR) is 149 cm³/mol. The highest BCUT2D eigenvalue weighted by molar-refractivity contribution is 6.31. The maximum Gasteiger partial charge on any atom is 0.417 e. The fourth-order valence-electron chi connectivity index (χ4n) is 4.51. The van der Waals surface area contributed by atoms with Crippen LogP contribution in [0.25, 0.3) is 11.0 Å². The third-order valence-corrected chi connectivity index (χ3v) is 7.11. The van der Waals surface area contributed by atoms with E-state index in [0.29, 0.717) is 48.5 Å². The number of nitrogen functional groups attached to an aromatic ring is 1. The highest BCUT2D eigenvalue weighted by Gasteiger charge is 2.33. The number of ether oxygens (including phenoxy) is 1. The van der Waals surface area contributed by atoms with Crippen LogP contribution in [0.1, 0.15) is 38.3 Å². The van der Waals surface area contributed by atoms with Gasteiger partial charge in [-0.15, -0.1) is 0 Å². The molecule has 2 aromatic heterocycles. The number of amides is 1. The second kappa shape index (κ2) is 11.8. The van der Waals surface area contributed by atoms with Crippen LogP contribution in [0.4, 0.5) is 19.0 Å². The van der Waals surface area contributed by atoms with Gasteiger partial charge in [0.1, 0.15) is 24.4 Å². The van der Waals surface area contributed by atoms with Crippen molar-refractivity contribution >= 4 is 40.1 Å². The first-order chi connectivity index (χ1) is 20.0. The summed E-state index contributed by atoms with van der Waals surface area (Å²) in [7, 11) is 0. The summed E-state index contributed by atoms with van der Waals surface area (Å²) in [4.78, 5) is 35.7. The van der Waals surface area contributed by atoms with Gasteiger partial charge in [0.25, 0.3) is 0 Å². The molecule has 3 heterocycles. The van der Waals surface area contributed by atoms with E-state index in [-0.39, 0.29) is 35.9 Å². The third kappa shape index (κ3) is 6.22. The van der Waals surface area contributed by atoms with Crippen molar-refractivity contribution in [2.24, 2.45) is 0 Å². The number of benzene rings is 2. The van der Waals surface area contributed by atoms with Gasteiger partial charge >= 0.3 is 6.18 Å². The summed E-state index contributed by atoms with van der Waals surface area (Å²) in [5, 5.41) is 4.44. The van der Waals surface area contributed by atoms with E-state index in [0.717, 1.165) is 17.7 Å². The van der Waals surface area contributed by atoms with Crippen LogP contribution in [0.3, 0.4) is 0 Å². The number of carbonyl (C=O) groups excluding carboxylic acids is 2. The lowest BCUT2D eigenvalue weighted by atomic mass is 9.98. The van der Waals surface area contributed by atoms with Crippen LogP contribution >= 0.6 is 11.6 Å². The first-order valence-corrected chi connectivity index (χ1v) is 13.2. The van der Waals surface area contributed by atoms with Crippen molar-refractivity contribution in [2.45, 2.75) is 26.1 Å². The van der Waals surface area contributed by atoms with Crippen molar-refractivity contribution in [3.63, 3.8) is 0 Å². The Labute approximate surface area is 243 Å². The maximum atomic E-state index is 13.3. The summed E-state index contributed by atoms with van der Waals surface area (Å²) in [6, 6.07) is 8.28. The van der Waals surface area contributed by atoms with E-state index in [1.54, 1.807) is 23.1 Å². The van der Waals surface area contributed by atoms with Gasteiger partial charge in [-0.25, -0.2) is 14.6 Å². The normalized spacial score (nSPS) is 13.6. The zero-order valence-corrected chi connectivity index (χ0v) is 23.1. The van der Waals surface area contributed by atoms with Gasteiger partial charge in [0.15, 0.2) is 11.4 Å². The molecule has 4 aromatic rings. The summed E-state index contributed by atoms with van der Waals surface area (Å²) >= 11 is 5.68. The van der Waals surface area contributed by atoms with Gasteiger partial charge in [0, 0.05) is 30.6 Å². The molecule has 13 heteroatoms. The number of aromatic nitrogens is 4. The standard InChI is InChI=1S/C29H24ClF3N6O3/c1-17-2-3-18(13-24(40)20-4-6-22(30)21(14-20)29(31,32)33)12-19(17)5-7-23-26-27(34)35-16-36-28(26)39(37-23)15-25(41)38-8-10-42-11-9-38/h2-4,6,12,14,16H,8-11,13,15H2,1H3,(H2,34,35,36). The Morgan fingerprint density at radius 3 is 2.60 bits per heavy atom. The van der Waals surface area contributed by atoms with Crippen LogP contribution in [0, 0.1) is 18.8 Å². The molecule has 1 amide bonds. The molecule has 9 nitrogen and oxygen atoms in total. The van der Waals surface area contributed by atoms with Gasteiger partial charge in [-0.3, -0.25) is 9.59 Å². The van der Waals surface area contributed by atoms with Crippen LogP contribution in [-0.4, -0.2) is 62.6 Å². The minimum Gasteiger partial charge on any atom is -0.383 e. The largest absolute Gasteiger partial charge is 0.417 e. The van der Waals surface area contributed by atoms with Crippen LogP contribution in [0.2, 0.25) is 5.02 Å². The molecule has 1 fully saturated rings. The number of nitrogens with zero attached hydrogens (tertiary/aromatic N) is 5. The average Bonchev–Trinajstić information content (AvgIpc) is 3.31. The van der Waals surface area contributed by atoms with Gasteiger partial charge in [-0.1, -0.05) is 29.7 Å². The topological polar surface area (TPSA) is 116 Å². The Kier molecular flexibility index (Phi) is 8.15. The number of fused-ring (bicyclic) bond motifs is 1. The summed E-state index contributed by atoms with van der Waals surface area (Å²) in [6.45, 7) is 3.68. The monoisotopic (exact) mass is 596 g/mol. The molecule has 0 bridgehead atoms. The zero-order valence-electron chi connectivity index (χ0n) is 22.3. The number of hydrogen-bond acceptors (Lipinski definition) is 7. The van der Waals surface area contributed by atoms with E-state index in [9.17, 15) is 22.8 Å². The number of aryl methyl sites for hydroxylation is 1. The van der Waals surface area contributed by atoms with E-state index in [2.05, 4.69) is 26.9 Å². The summed E-state index contributed by atoms with van der Waals surface area (Å²) in [6.07, 6.45) is -3.54. The molecule has 2 N–H and O–H groups in total. The molecule has 1 aliphatic rings. The first-order valence-electron chi connectivity index (χ1n) is 12.9. The second-order valence-corrected chi connectivity index (χ2v) is 10.1. The molecule has 0 atom stereocenters. The van der Waals surface area contributed by atoms with Crippen molar-refractivity contribution in [3.05, 3.63) is 81.3 Å². The Bertz CT molecular complexity index is 1750. The Morgan fingerprint density at radius 2 is 1.86 bits per heavy atom. The highest BCUT2D eigenvalue weighted by atomic mass is 35.5. The lowest BCUT2D eigenvalue weighted by Gasteiger charge is -2.26. The zero-order chi connectivity index (χ0) is 30.0. The predicted octanol–water partition coefficient (Wildman–Crippen LogP) is 4.07. The molecule has 0 radical (unpaired) electrons. The Morgan fingerprint density at radius 1 is 1.10 bits per heavy atom. The molecule has 0 saturated carbocycles. The molecule has 216 valence electrons. The summed E-state index contributed by atoms with van der Waals surface area (Å²) < 4.78 is 46.5. The number of carbonyl (C=O) groups is 2. The summed E-state index contributed by atoms with van der Waals surface area (Å²) in [5.74, 6) is 5.55. The van der Waals surface area contributed by atoms with Crippen molar-refractivity contribution < 1.29 is 27.5 Å². The molecule has 1 aliphatic heterocycles. The minimum atomic E-state index is -4.68. The molecule has 5 rings (SSSR count). The van der Waals surface area contributed by atoms with Crippen LogP contribution in [0.5, 0.6) is 0 Å². The molecule has 0 aliphatic carbocycles. The lowest BCUT2D eigenvalue weighted by molar-refractivity contribution is -0.137. The fourth-order valence-corrected chi connectivity index (χ4v) is 4.74. The quantitative estimate of drug-likeness (QED) is 0.273. The minimum absolute atomic E-state index is 0.0635. The van der Waals surface area contributed by atoms with Gasteiger partial charge < -0.3 is 15.4 Å². The smallest absolute Gasteiger partial charge is 0.383 e. The van der Waals surface area contributed by atoms with Gasteiger partial charge in [-0.2, -0.15) is 18.3 Å². The molecular formula is C29H24ClF3N6O3. The maximum absolute atomic E-state index is 13.3. The number of anilines is 1. The van der Waals surface area contributed by atoms with Crippen molar-refractivity contribution in [1.82, 2.24) is 24.6 Å². The number of rotatable bonds is 5. The number of hydrogen-bond donors (Lipinski definition) is 1. The third-order valence-electron chi connectivity index (χ3n) is 6.78. The number of halogens is 4. The van der Waals surface area contributed by atoms with Crippen molar-refractivity contribution in [1.29, 1.82) is 0 Å². The van der Waals surface area contributed by atoms with Crippen molar-refractivity contribution in [2.75, 3.05) is 32.0 Å². The Hall–Kier alpha value is -4.47. The second-order valence-electron chi connectivity index (χ2n) is 9.65. The van der Waals surface area contributed by atoms with E-state index < -0.39 is 22.5 Å². The molecule has 0 spiro atoms. The number of nitrogens with two attached hydrogens (primary N) is 1. The van der Waals surface area contributed by atoms with Crippen LogP contribution < -0.4 is 5.73 Å². The average molecular weight is 597 g/mol. The fraction of sp³-hybridized carbons (Fsp3) is 0.276. The molecule has 2 aromatic carbocycles. The SMILES string of the molecule is Cc1ccc(CC(=O)c2ccc(Cl)c(C(F)(F)F)c2)cc1C#Cc1nn(CC(=O)N2CCOCC2)c2ncnc(N)c12. The van der Waals surface area contributed by atoms with E-state index in [4.69, 9.17) is 22.1 Å². The number of morpholine rings is 1. The van der Waals surface area contributed by atoms with E-state index in [1.165, 1.54) is 17.1 Å². The number of Topliss-reactive ketones (excluding diaryl/α,β-unsaturated/α-hetero) is 1. The number of ketones is 1. The van der Waals surface area contributed by atoms with Crippen LogP contribution in [-0.2, 0) is 28.7 Å². The molecular weight excluding hydrogens is 573 g/mol. The van der Waals surface area contributed by atoms with Gasteiger partial charge in [0.05, 0.1) is 29.2 Å². The van der Waals surface area contributed by atoms with E-state index >= 15 is 0 Å². The van der Waals surface area contributed by atoms with Crippen molar-refractivity contribution in [3.8, 4) is 11.8 Å². The number of alkyl halides is 3. The Balaban J connectivity index is 1.41. The van der Waals surface area contributed by atoms with Crippen LogP contribution in [0.15, 0.2) is 42.7 Å². The highest BCUT2D eigenvalue weighted by Crippen LogP contribution is 2.35. The molecule has 1 saturated heterocycles. The lowest BCUT2D eigenvalue weighted by Crippen LogP contribution is -2.42. The molecule has 42 heavy (non-hydrogen) atoms. The van der Waals surface area contributed by atoms with E-state index in [1.807, 2.05) is 6.92 Å².